The van der Waals surface area contributed by atoms with Crippen LogP contribution < -0.4 is 10.6 Å². The van der Waals surface area contributed by atoms with Crippen molar-refractivity contribution in [2.75, 3.05) is 41.9 Å². The Hall–Kier alpha value is -3.39. The quantitative estimate of drug-likeness (QED) is 0.201. The molecule has 1 aromatic heterocycles. The maximum atomic E-state index is 14.2. The number of benzene rings is 1. The molecule has 3 rings (SSSR count). The van der Waals surface area contributed by atoms with Crippen LogP contribution in [0.1, 0.15) is 83.8 Å². The Balaban J connectivity index is 1.78. The van der Waals surface area contributed by atoms with Crippen molar-refractivity contribution in [3.63, 3.8) is 0 Å². The predicted octanol–water partition coefficient (Wildman–Crippen LogP) is 4.55. The molecule has 2 N–H and O–H groups in total. The summed E-state index contributed by atoms with van der Waals surface area (Å²) in [5.41, 5.74) is 1.09. The first-order valence-electron chi connectivity index (χ1n) is 19.0. The van der Waals surface area contributed by atoms with Gasteiger partial charge in [-0.1, -0.05) is 71.4 Å². The molecule has 12 nitrogen and oxygen atoms in total. The van der Waals surface area contributed by atoms with Crippen LogP contribution in [0.25, 0.3) is 0 Å². The van der Waals surface area contributed by atoms with E-state index in [1.165, 1.54) is 11.3 Å². The SMILES string of the molecule is CC[C@H](C)[C@@H]([C@@H](CC(=O)N1CCC[C@H]1[C@H](OC)[C@@H](C)C(=O)N[C@@H](Cc1ccccc1)c1nccs1)OC)N(C)C(=O)[C@@H](NC(=O)[C@H](C)N(C)C)C(C)C. The molecule has 4 amide bonds. The number of likely N-dealkylation sites (N-methyl/N-ethyl adjacent to an activating group) is 2. The molecule has 1 fully saturated rings. The Kier molecular flexibility index (Phi) is 17.4. The molecule has 0 radical (unpaired) electrons. The van der Waals surface area contributed by atoms with E-state index in [-0.39, 0.29) is 54.0 Å². The third-order valence-corrected chi connectivity index (χ3v) is 11.9. The molecule has 0 unspecified atom stereocenters. The van der Waals surface area contributed by atoms with E-state index in [0.717, 1.165) is 23.4 Å². The third-order valence-electron chi connectivity index (χ3n) is 11.0. The lowest BCUT2D eigenvalue weighted by Gasteiger charge is -2.41. The maximum absolute atomic E-state index is 14.2. The Morgan fingerprint density at radius 1 is 0.981 bits per heavy atom. The first kappa shape index (κ1) is 44.0. The molecule has 0 spiro atoms. The fourth-order valence-electron chi connectivity index (χ4n) is 7.31. The van der Waals surface area contributed by atoms with E-state index in [9.17, 15) is 19.2 Å². The second-order valence-corrected chi connectivity index (χ2v) is 16.0. The number of carbonyl (C=O) groups excluding carboxylic acids is 4. The van der Waals surface area contributed by atoms with Gasteiger partial charge in [-0.25, -0.2) is 4.98 Å². The van der Waals surface area contributed by atoms with Crippen molar-refractivity contribution in [3.05, 3.63) is 52.5 Å². The van der Waals surface area contributed by atoms with E-state index in [1.54, 1.807) is 44.2 Å². The zero-order valence-corrected chi connectivity index (χ0v) is 34.5. The molecule has 1 aromatic carbocycles. The highest BCUT2D eigenvalue weighted by atomic mass is 32.1. The monoisotopic (exact) mass is 756 g/mol. The average Bonchev–Trinajstić information content (AvgIpc) is 3.86. The van der Waals surface area contributed by atoms with Gasteiger partial charge < -0.3 is 29.9 Å². The molecule has 0 aliphatic carbocycles. The van der Waals surface area contributed by atoms with Crippen LogP contribution in [-0.4, -0.2) is 122 Å². The summed E-state index contributed by atoms with van der Waals surface area (Å²) in [7, 11) is 8.56. The molecule has 2 heterocycles. The van der Waals surface area contributed by atoms with Crippen LogP contribution in [0.2, 0.25) is 0 Å². The molecule has 0 bridgehead atoms. The van der Waals surface area contributed by atoms with Gasteiger partial charge in [-0.15, -0.1) is 11.3 Å². The van der Waals surface area contributed by atoms with Crippen LogP contribution in [0, 0.1) is 17.8 Å². The van der Waals surface area contributed by atoms with Gasteiger partial charge in [0, 0.05) is 39.4 Å². The van der Waals surface area contributed by atoms with Crippen LogP contribution >= 0.6 is 11.3 Å². The lowest BCUT2D eigenvalue weighted by Crippen LogP contribution is -2.59. The number of nitrogens with zero attached hydrogens (tertiary/aromatic N) is 4. The zero-order valence-electron chi connectivity index (χ0n) is 33.7. The second kappa shape index (κ2) is 20.9. The molecule has 0 saturated carbocycles. The number of nitrogens with one attached hydrogen (secondary N) is 2. The first-order chi connectivity index (χ1) is 25.2. The number of thiazole rings is 1. The Morgan fingerprint density at radius 3 is 2.21 bits per heavy atom. The van der Waals surface area contributed by atoms with E-state index in [2.05, 4.69) is 29.5 Å². The molecule has 1 aliphatic heterocycles. The zero-order chi connectivity index (χ0) is 39.4. The minimum Gasteiger partial charge on any atom is -0.379 e. The molecule has 2 aromatic rings. The molecule has 296 valence electrons. The van der Waals surface area contributed by atoms with Crippen molar-refractivity contribution in [2.45, 2.75) is 116 Å². The molecular formula is C40H64N6O6S. The molecule has 9 atom stereocenters. The molecule has 1 aliphatic rings. The van der Waals surface area contributed by atoms with E-state index in [1.807, 2.05) is 75.5 Å². The van der Waals surface area contributed by atoms with E-state index >= 15 is 0 Å². The molecule has 53 heavy (non-hydrogen) atoms. The standard InChI is InChI=1S/C40H64N6O6S/c1-12-26(4)35(45(9)40(50)34(25(2)3)43-38(49)28(6)44(7)8)32(51-10)24-33(47)46-21-16-19-31(46)36(52-11)27(5)37(48)42-30(39-41-20-22-53-39)23-29-17-14-13-15-18-29/h13-15,17-18,20,22,25-28,30-32,34-36H,12,16,19,21,23-24H2,1-11H3,(H,42,48)(H,43,49)/t26-,27+,28-,30-,31-,32+,34-,35-,36+/m0/s1. The van der Waals surface area contributed by atoms with Crippen molar-refractivity contribution in [1.29, 1.82) is 0 Å². The summed E-state index contributed by atoms with van der Waals surface area (Å²) in [6.45, 7) is 12.1. The fourth-order valence-corrected chi connectivity index (χ4v) is 8.00. The topological polar surface area (TPSA) is 133 Å². The third kappa shape index (κ3) is 11.6. The van der Waals surface area contributed by atoms with Crippen molar-refractivity contribution < 1.29 is 28.7 Å². The van der Waals surface area contributed by atoms with Gasteiger partial charge >= 0.3 is 0 Å². The summed E-state index contributed by atoms with van der Waals surface area (Å²) in [5, 5.41) is 8.93. The van der Waals surface area contributed by atoms with E-state index < -0.39 is 36.3 Å². The minimum absolute atomic E-state index is 0.00241. The van der Waals surface area contributed by atoms with Crippen molar-refractivity contribution in [2.24, 2.45) is 17.8 Å². The van der Waals surface area contributed by atoms with Gasteiger partial charge in [0.25, 0.3) is 0 Å². The van der Waals surface area contributed by atoms with Gasteiger partial charge in [0.05, 0.1) is 48.7 Å². The van der Waals surface area contributed by atoms with Crippen molar-refractivity contribution in [3.8, 4) is 0 Å². The number of hydrogen-bond acceptors (Lipinski definition) is 9. The van der Waals surface area contributed by atoms with Gasteiger partial charge in [0.2, 0.25) is 23.6 Å². The van der Waals surface area contributed by atoms with E-state index in [4.69, 9.17) is 9.47 Å². The largest absolute Gasteiger partial charge is 0.379 e. The number of hydrogen-bond donors (Lipinski definition) is 2. The van der Waals surface area contributed by atoms with Crippen LogP contribution in [-0.2, 0) is 35.1 Å². The Labute approximate surface area is 321 Å². The van der Waals surface area contributed by atoms with Crippen LogP contribution in [0.15, 0.2) is 41.9 Å². The molecule has 13 heteroatoms. The minimum atomic E-state index is -0.740. The Bertz CT molecular complexity index is 1440. The number of aromatic nitrogens is 1. The summed E-state index contributed by atoms with van der Waals surface area (Å²) in [6, 6.07) is 7.83. The highest BCUT2D eigenvalue weighted by molar-refractivity contribution is 7.09. The average molecular weight is 757 g/mol. The number of rotatable bonds is 20. The van der Waals surface area contributed by atoms with Gasteiger partial charge in [-0.3, -0.25) is 24.1 Å². The molecular weight excluding hydrogens is 693 g/mol. The maximum Gasteiger partial charge on any atom is 0.245 e. The highest BCUT2D eigenvalue weighted by Crippen LogP contribution is 2.30. The lowest BCUT2D eigenvalue weighted by atomic mass is 9.89. The summed E-state index contributed by atoms with van der Waals surface area (Å²) < 4.78 is 12.0. The fraction of sp³-hybridized carbons (Fsp3) is 0.675. The van der Waals surface area contributed by atoms with Gasteiger partial charge in [-0.2, -0.15) is 0 Å². The number of likely N-dealkylation sites (tertiary alicyclic amines) is 1. The Morgan fingerprint density at radius 2 is 1.66 bits per heavy atom. The summed E-state index contributed by atoms with van der Waals surface area (Å²) in [4.78, 5) is 65.0. The van der Waals surface area contributed by atoms with Crippen molar-refractivity contribution >= 4 is 35.0 Å². The second-order valence-electron chi connectivity index (χ2n) is 15.1. The van der Waals surface area contributed by atoms with Gasteiger partial charge in [-0.05, 0) is 57.7 Å². The van der Waals surface area contributed by atoms with E-state index in [0.29, 0.717) is 19.4 Å². The van der Waals surface area contributed by atoms with Crippen LogP contribution in [0.3, 0.4) is 0 Å². The summed E-state index contributed by atoms with van der Waals surface area (Å²) >= 11 is 1.51. The van der Waals surface area contributed by atoms with Crippen molar-refractivity contribution in [1.82, 2.24) is 30.3 Å². The number of carbonyl (C=O) groups is 4. The number of ether oxygens (including phenoxy) is 2. The predicted molar refractivity (Wildman–Crippen MR) is 209 cm³/mol. The summed E-state index contributed by atoms with van der Waals surface area (Å²) in [5.74, 6) is -1.43. The normalized spacial score (nSPS) is 19.2. The van der Waals surface area contributed by atoms with Gasteiger partial charge in [0.1, 0.15) is 11.0 Å². The van der Waals surface area contributed by atoms with Gasteiger partial charge in [0.15, 0.2) is 0 Å². The highest BCUT2D eigenvalue weighted by Gasteiger charge is 2.43. The first-order valence-corrected chi connectivity index (χ1v) is 19.9. The van der Waals surface area contributed by atoms with Crippen LogP contribution in [0.5, 0.6) is 0 Å². The smallest absolute Gasteiger partial charge is 0.245 e. The molecule has 1 saturated heterocycles. The summed E-state index contributed by atoms with van der Waals surface area (Å²) in [6.07, 6.45) is 3.50. The lowest BCUT2D eigenvalue weighted by molar-refractivity contribution is -0.148. The van der Waals surface area contributed by atoms with Crippen LogP contribution in [0.4, 0.5) is 0 Å². The number of amides is 4. The number of methoxy groups -OCH3 is 2.